The van der Waals surface area contributed by atoms with Crippen molar-refractivity contribution in [2.24, 2.45) is 0 Å². The molecule has 4 bridgehead atoms. The second-order valence-electron chi connectivity index (χ2n) is 9.41. The smallest absolute Gasteiger partial charge is 0.418 e. The van der Waals surface area contributed by atoms with E-state index in [1.165, 1.54) is 11.0 Å². The average Bonchev–Trinajstić information content (AvgIpc) is 3.07. The van der Waals surface area contributed by atoms with Crippen molar-refractivity contribution in [3.63, 3.8) is 0 Å². The van der Waals surface area contributed by atoms with E-state index in [0.717, 1.165) is 12.3 Å². The minimum absolute atomic E-state index is 0.0363. The number of carbonyl (C=O) groups is 1. The quantitative estimate of drug-likeness (QED) is 0.638. The first-order valence-corrected chi connectivity index (χ1v) is 13.6. The first-order valence-electron chi connectivity index (χ1n) is 11.7. The molecule has 4 aliphatic rings. The van der Waals surface area contributed by atoms with Crippen molar-refractivity contribution in [1.82, 2.24) is 14.6 Å². The van der Waals surface area contributed by atoms with Gasteiger partial charge in [-0.25, -0.2) is 22.9 Å². The van der Waals surface area contributed by atoms with Crippen LogP contribution in [0.5, 0.6) is 5.88 Å². The number of hydrogen-bond acceptors (Lipinski definition) is 7. The van der Waals surface area contributed by atoms with E-state index in [2.05, 4.69) is 9.71 Å². The number of aromatic nitrogens is 1. The molecular formula is C22H30F3N3O6S. The summed E-state index contributed by atoms with van der Waals surface area (Å²) in [6, 6.07) is 0.750. The number of pyridine rings is 1. The maximum atomic E-state index is 13.6. The van der Waals surface area contributed by atoms with Gasteiger partial charge in [-0.15, -0.1) is 0 Å². The molecule has 196 valence electrons. The fraction of sp³-hybridized carbons (Fsp3) is 0.727. The van der Waals surface area contributed by atoms with Gasteiger partial charge in [0.15, 0.2) is 0 Å². The van der Waals surface area contributed by atoms with E-state index in [9.17, 15) is 26.4 Å². The fourth-order valence-electron chi connectivity index (χ4n) is 5.25. The second kappa shape index (κ2) is 10.1. The molecule has 2 fully saturated rings. The highest BCUT2D eigenvalue weighted by atomic mass is 32.2. The van der Waals surface area contributed by atoms with Crippen LogP contribution in [0.25, 0.3) is 0 Å². The third kappa shape index (κ3) is 6.18. The van der Waals surface area contributed by atoms with Crippen molar-refractivity contribution in [2.75, 3.05) is 26.1 Å². The molecule has 1 aromatic heterocycles. The van der Waals surface area contributed by atoms with Gasteiger partial charge in [0.05, 0.1) is 36.3 Å². The molecule has 4 heterocycles. The molecule has 5 rings (SSSR count). The summed E-state index contributed by atoms with van der Waals surface area (Å²) in [7, 11) is -3.53. The van der Waals surface area contributed by atoms with Gasteiger partial charge in [0, 0.05) is 24.1 Å². The molecule has 35 heavy (non-hydrogen) atoms. The van der Waals surface area contributed by atoms with Crippen LogP contribution in [-0.2, 0) is 25.7 Å². The van der Waals surface area contributed by atoms with Gasteiger partial charge in [0.25, 0.3) is 0 Å². The maximum Gasteiger partial charge on any atom is 0.418 e. The highest BCUT2D eigenvalue weighted by Gasteiger charge is 2.44. The van der Waals surface area contributed by atoms with Gasteiger partial charge >= 0.3 is 12.3 Å². The molecule has 9 nitrogen and oxygen atoms in total. The summed E-state index contributed by atoms with van der Waals surface area (Å²) in [4.78, 5) is 18.5. The lowest BCUT2D eigenvalue weighted by atomic mass is 9.83. The normalized spacial score (nSPS) is 30.5. The summed E-state index contributed by atoms with van der Waals surface area (Å²) >= 11 is 0. The van der Waals surface area contributed by atoms with E-state index in [1.807, 2.05) is 6.92 Å². The van der Waals surface area contributed by atoms with Crippen molar-refractivity contribution >= 4 is 16.1 Å². The van der Waals surface area contributed by atoms with Crippen molar-refractivity contribution in [2.45, 2.75) is 75.4 Å². The monoisotopic (exact) mass is 521 g/mol. The molecule has 3 aliphatic heterocycles. The lowest BCUT2D eigenvalue weighted by Crippen LogP contribution is -2.50. The topological polar surface area (TPSA) is 107 Å². The Morgan fingerprint density at radius 1 is 1.11 bits per heavy atom. The average molecular weight is 522 g/mol. The van der Waals surface area contributed by atoms with Crippen LogP contribution in [0, 0.1) is 0 Å². The molecule has 3 atom stereocenters. The molecular weight excluding hydrogens is 491 g/mol. The standard InChI is InChI=1S/C22H30F3N3O6S/c1-13-11-17(27-35(2,30)31)18-12-34-15-5-3-14(4-6-15)20-16(22(23,24)25)7-8-19(26-20)32-9-10-33-21(29)28(13)18/h7-8,13-15,17-18,27H,3-6,9-12H2,1-2H3/t13-,14?,15?,17+,18+/m1/s1. The summed E-state index contributed by atoms with van der Waals surface area (Å²) in [5.74, 6) is -0.345. The molecule has 0 unspecified atom stereocenters. The van der Waals surface area contributed by atoms with Crippen LogP contribution in [0.1, 0.15) is 56.2 Å². The van der Waals surface area contributed by atoms with Crippen LogP contribution in [0.15, 0.2) is 12.1 Å². The zero-order valence-electron chi connectivity index (χ0n) is 19.6. The number of halogens is 3. The number of sulfonamides is 1. The second-order valence-corrected chi connectivity index (χ2v) is 11.2. The van der Waals surface area contributed by atoms with Gasteiger partial charge in [-0.2, -0.15) is 13.2 Å². The molecule has 1 amide bonds. The molecule has 0 spiro atoms. The largest absolute Gasteiger partial charge is 0.474 e. The maximum absolute atomic E-state index is 13.6. The number of fused-ring (bicyclic) bond motifs is 7. The van der Waals surface area contributed by atoms with E-state index >= 15 is 0 Å². The van der Waals surface area contributed by atoms with E-state index in [1.54, 1.807) is 0 Å². The van der Waals surface area contributed by atoms with Crippen LogP contribution in [0.4, 0.5) is 18.0 Å². The molecule has 0 aromatic carbocycles. The number of nitrogens with one attached hydrogen (secondary N) is 1. The Labute approximate surface area is 202 Å². The zero-order chi connectivity index (χ0) is 25.4. The summed E-state index contributed by atoms with van der Waals surface area (Å²) in [6.07, 6.45) is -1.97. The van der Waals surface area contributed by atoms with E-state index < -0.39 is 39.9 Å². The lowest BCUT2D eigenvalue weighted by molar-refractivity contribution is -0.138. The van der Waals surface area contributed by atoms with Gasteiger partial charge in [-0.05, 0) is 45.1 Å². The van der Waals surface area contributed by atoms with E-state index in [4.69, 9.17) is 14.2 Å². The number of nitrogens with zero attached hydrogens (tertiary/aromatic N) is 2. The summed E-state index contributed by atoms with van der Waals surface area (Å²) in [5, 5.41) is 0. The van der Waals surface area contributed by atoms with Gasteiger partial charge in [-0.3, -0.25) is 4.90 Å². The van der Waals surface area contributed by atoms with Gasteiger partial charge in [-0.1, -0.05) is 0 Å². The molecule has 0 radical (unpaired) electrons. The van der Waals surface area contributed by atoms with Crippen LogP contribution in [0.2, 0.25) is 0 Å². The van der Waals surface area contributed by atoms with Gasteiger partial charge in [0.1, 0.15) is 13.2 Å². The third-order valence-electron chi connectivity index (χ3n) is 6.79. The Kier molecular flexibility index (Phi) is 7.49. The van der Waals surface area contributed by atoms with Crippen molar-refractivity contribution in [1.29, 1.82) is 0 Å². The molecule has 1 N–H and O–H groups in total. The number of rotatable bonds is 2. The summed E-state index contributed by atoms with van der Waals surface area (Å²) < 4.78 is 84.2. The Balaban J connectivity index is 1.58. The van der Waals surface area contributed by atoms with E-state index in [0.29, 0.717) is 32.1 Å². The summed E-state index contributed by atoms with van der Waals surface area (Å²) in [6.45, 7) is 1.65. The van der Waals surface area contributed by atoms with Crippen LogP contribution in [0.3, 0.4) is 0 Å². The zero-order valence-corrected chi connectivity index (χ0v) is 20.4. The SMILES string of the molecule is C[C@@H]1C[C@H](NS(C)(=O)=O)[C@@H]2COC3CCC(CC3)c3nc(ccc3C(F)(F)F)OCCOC(=O)N12. The molecule has 1 aromatic rings. The Morgan fingerprint density at radius 2 is 1.80 bits per heavy atom. The number of ether oxygens (including phenoxy) is 3. The van der Waals surface area contributed by atoms with Crippen LogP contribution < -0.4 is 9.46 Å². The van der Waals surface area contributed by atoms with Gasteiger partial charge < -0.3 is 14.2 Å². The van der Waals surface area contributed by atoms with Crippen molar-refractivity contribution in [3.05, 3.63) is 23.4 Å². The number of amides is 1. The number of carbonyl (C=O) groups excluding carboxylic acids is 1. The number of alkyl halides is 3. The number of hydrogen-bond donors (Lipinski definition) is 1. The van der Waals surface area contributed by atoms with Crippen molar-refractivity contribution < 1.29 is 40.6 Å². The van der Waals surface area contributed by atoms with Crippen LogP contribution >= 0.6 is 0 Å². The Bertz CT molecular complexity index is 1030. The van der Waals surface area contributed by atoms with Gasteiger partial charge in [0.2, 0.25) is 15.9 Å². The first kappa shape index (κ1) is 26.0. The van der Waals surface area contributed by atoms with Crippen LogP contribution in [-0.4, -0.2) is 74.7 Å². The first-order chi connectivity index (χ1) is 16.4. The minimum atomic E-state index is -4.53. The predicted molar refractivity (Wildman–Crippen MR) is 119 cm³/mol. The van der Waals surface area contributed by atoms with E-state index in [-0.39, 0.29) is 49.5 Å². The summed E-state index contributed by atoms with van der Waals surface area (Å²) in [5.41, 5.74) is -0.808. The third-order valence-corrected chi connectivity index (χ3v) is 7.53. The highest BCUT2D eigenvalue weighted by Crippen LogP contribution is 2.41. The van der Waals surface area contributed by atoms with Crippen molar-refractivity contribution in [3.8, 4) is 5.88 Å². The Morgan fingerprint density at radius 3 is 2.46 bits per heavy atom. The fourth-order valence-corrected chi connectivity index (χ4v) is 6.05. The minimum Gasteiger partial charge on any atom is -0.474 e. The molecule has 13 heteroatoms. The lowest BCUT2D eigenvalue weighted by Gasteiger charge is -2.33. The highest BCUT2D eigenvalue weighted by molar-refractivity contribution is 7.88. The molecule has 1 saturated heterocycles. The molecule has 1 saturated carbocycles. The molecule has 1 aliphatic carbocycles. The predicted octanol–water partition coefficient (Wildman–Crippen LogP) is 3.05. The Hall–Kier alpha value is -2.12.